The van der Waals surface area contributed by atoms with Crippen LogP contribution in [0.1, 0.15) is 56.4 Å². The van der Waals surface area contributed by atoms with Crippen LogP contribution >= 0.6 is 11.6 Å². The molecule has 3 aromatic heterocycles. The van der Waals surface area contributed by atoms with Gasteiger partial charge in [0.15, 0.2) is 5.65 Å². The number of pyridine rings is 1. The molecular weight excluding hydrogens is 512 g/mol. The van der Waals surface area contributed by atoms with Gasteiger partial charge in [-0.3, -0.25) is 14.6 Å². The first-order valence-electron chi connectivity index (χ1n) is 12.9. The van der Waals surface area contributed by atoms with Crippen molar-refractivity contribution in [3.63, 3.8) is 0 Å². The molecule has 4 heterocycles. The average molecular weight is 547 g/mol. The zero-order chi connectivity index (χ0) is 28.4. The lowest BCUT2D eigenvalue weighted by atomic mass is 9.87. The Bertz CT molecular complexity index is 1460. The molecule has 0 bridgehead atoms. The molecule has 0 atom stereocenters. The van der Waals surface area contributed by atoms with Gasteiger partial charge in [-0.25, -0.2) is 9.50 Å². The van der Waals surface area contributed by atoms with E-state index in [1.807, 2.05) is 55.7 Å². The molecule has 1 saturated heterocycles. The maximum atomic E-state index is 12.2. The van der Waals surface area contributed by atoms with Crippen molar-refractivity contribution >= 4 is 29.6 Å². The molecule has 0 N–H and O–H groups in total. The molecule has 0 spiro atoms. The summed E-state index contributed by atoms with van der Waals surface area (Å²) < 4.78 is 1.87. The smallest absolute Gasteiger partial charge is 0.272 e. The fraction of sp³-hybridized carbons (Fsp3) is 0.367. The summed E-state index contributed by atoms with van der Waals surface area (Å²) in [5.41, 5.74) is 5.20. The van der Waals surface area contributed by atoms with Crippen molar-refractivity contribution in [3.05, 3.63) is 82.9 Å². The van der Waals surface area contributed by atoms with Crippen molar-refractivity contribution < 1.29 is 9.59 Å². The molecule has 8 nitrogen and oxygen atoms in total. The van der Waals surface area contributed by atoms with E-state index in [9.17, 15) is 9.59 Å². The van der Waals surface area contributed by atoms with Gasteiger partial charge in [-0.15, -0.1) is 0 Å². The van der Waals surface area contributed by atoms with Crippen LogP contribution in [0.15, 0.2) is 60.9 Å². The molecule has 2 amide bonds. The van der Waals surface area contributed by atoms with Crippen molar-refractivity contribution in [2.45, 2.75) is 52.5 Å². The number of benzene rings is 1. The van der Waals surface area contributed by atoms with E-state index in [-0.39, 0.29) is 16.9 Å². The first-order chi connectivity index (χ1) is 18.4. The van der Waals surface area contributed by atoms with E-state index in [0.29, 0.717) is 25.3 Å². The van der Waals surface area contributed by atoms with Gasteiger partial charge in [0.05, 0.1) is 23.1 Å². The summed E-state index contributed by atoms with van der Waals surface area (Å²) in [6.45, 7) is 14.1. The molecule has 1 aliphatic heterocycles. The molecule has 204 valence electrons. The Labute approximate surface area is 234 Å². The highest BCUT2D eigenvalue weighted by atomic mass is 35.5. The summed E-state index contributed by atoms with van der Waals surface area (Å²) >= 11 is 5.97. The van der Waals surface area contributed by atoms with E-state index in [0.717, 1.165) is 34.0 Å². The number of carbonyl (C=O) groups excluding carboxylic acids is 2. The van der Waals surface area contributed by atoms with Crippen molar-refractivity contribution in [1.29, 1.82) is 0 Å². The van der Waals surface area contributed by atoms with Crippen molar-refractivity contribution in [2.24, 2.45) is 0 Å². The number of fused-ring (bicyclic) bond motifs is 1. The molecule has 1 aliphatic rings. The fourth-order valence-corrected chi connectivity index (χ4v) is 4.72. The van der Waals surface area contributed by atoms with Crippen LogP contribution in [0.5, 0.6) is 0 Å². The zero-order valence-electron chi connectivity index (χ0n) is 23.3. The Morgan fingerprint density at radius 3 is 2.38 bits per heavy atom. The number of hydrogen-bond donors (Lipinski definition) is 0. The third kappa shape index (κ3) is 6.45. The van der Waals surface area contributed by atoms with Gasteiger partial charge < -0.3 is 9.80 Å². The Morgan fingerprint density at radius 2 is 1.79 bits per heavy atom. The molecule has 0 saturated carbocycles. The predicted molar refractivity (Wildman–Crippen MR) is 154 cm³/mol. The van der Waals surface area contributed by atoms with Crippen LogP contribution in [0.3, 0.4) is 0 Å². The normalized spacial score (nSPS) is 15.1. The van der Waals surface area contributed by atoms with Gasteiger partial charge in [-0.1, -0.05) is 50.6 Å². The monoisotopic (exact) mass is 546 g/mol. The van der Waals surface area contributed by atoms with Crippen LogP contribution in [-0.2, 0) is 10.2 Å². The molecule has 9 heteroatoms. The number of hydrogen-bond acceptors (Lipinski definition) is 5. The van der Waals surface area contributed by atoms with E-state index in [1.165, 1.54) is 5.56 Å². The fourth-order valence-electron chi connectivity index (χ4n) is 4.59. The molecule has 1 fully saturated rings. The van der Waals surface area contributed by atoms with Gasteiger partial charge in [-0.05, 0) is 56.5 Å². The molecule has 0 unspecified atom stereocenters. The predicted octanol–water partition coefficient (Wildman–Crippen LogP) is 5.43. The highest BCUT2D eigenvalue weighted by Gasteiger charge is 2.35. The number of nitrogens with zero attached hydrogens (tertiary/aromatic N) is 6. The van der Waals surface area contributed by atoms with Crippen LogP contribution in [0, 0.1) is 6.92 Å². The van der Waals surface area contributed by atoms with Crippen LogP contribution in [0.2, 0.25) is 5.02 Å². The van der Waals surface area contributed by atoms with Crippen molar-refractivity contribution in [2.75, 3.05) is 19.6 Å². The number of aryl methyl sites for hydroxylation is 1. The minimum atomic E-state index is -0.329. The van der Waals surface area contributed by atoms with Gasteiger partial charge >= 0.3 is 0 Å². The third-order valence-corrected chi connectivity index (χ3v) is 7.01. The van der Waals surface area contributed by atoms with E-state index in [4.69, 9.17) is 11.6 Å². The van der Waals surface area contributed by atoms with Crippen LogP contribution in [0.4, 0.5) is 0 Å². The highest BCUT2D eigenvalue weighted by Crippen LogP contribution is 2.30. The average Bonchev–Trinajstić information content (AvgIpc) is 3.27. The maximum absolute atomic E-state index is 12.2. The lowest BCUT2D eigenvalue weighted by molar-refractivity contribution is -0.125. The Morgan fingerprint density at radius 1 is 1.08 bits per heavy atom. The lowest BCUT2D eigenvalue weighted by Gasteiger charge is -2.45. The summed E-state index contributed by atoms with van der Waals surface area (Å²) in [5, 5.41) is 5.41. The molecule has 4 aromatic rings. The van der Waals surface area contributed by atoms with Crippen LogP contribution < -0.4 is 0 Å². The number of carbonyl (C=O) groups is 2. The molecule has 0 aliphatic carbocycles. The Hall–Kier alpha value is -3.78. The summed E-state index contributed by atoms with van der Waals surface area (Å²) in [5.74, 6) is -0.0748. The minimum absolute atomic E-state index is 0.00313. The number of aromatic nitrogens is 4. The molecule has 5 rings (SSSR count). The highest BCUT2D eigenvalue weighted by molar-refractivity contribution is 6.30. The third-order valence-electron chi connectivity index (χ3n) is 6.76. The molecular formula is C30H35ClN6O2. The molecule has 0 radical (unpaired) electrons. The van der Waals surface area contributed by atoms with Crippen LogP contribution in [-0.4, -0.2) is 66.9 Å². The number of imidazole rings is 1. The quantitative estimate of drug-likeness (QED) is 0.320. The van der Waals surface area contributed by atoms with Crippen LogP contribution in [0.25, 0.3) is 16.9 Å². The van der Waals surface area contributed by atoms with Gasteiger partial charge in [0.1, 0.15) is 5.69 Å². The van der Waals surface area contributed by atoms with E-state index in [2.05, 4.69) is 41.9 Å². The van der Waals surface area contributed by atoms with Crippen molar-refractivity contribution in [1.82, 2.24) is 29.4 Å². The Balaban J connectivity index is 0.000000183. The van der Waals surface area contributed by atoms with E-state index < -0.39 is 0 Å². The second-order valence-corrected chi connectivity index (χ2v) is 11.8. The van der Waals surface area contributed by atoms with E-state index >= 15 is 0 Å². The van der Waals surface area contributed by atoms with Gasteiger partial charge in [0.2, 0.25) is 6.41 Å². The van der Waals surface area contributed by atoms with Gasteiger partial charge in [0.25, 0.3) is 5.91 Å². The van der Waals surface area contributed by atoms with Gasteiger partial charge in [0, 0.05) is 42.0 Å². The number of piperazine rings is 1. The summed E-state index contributed by atoms with van der Waals surface area (Å²) in [7, 11) is 0. The zero-order valence-corrected chi connectivity index (χ0v) is 24.1. The van der Waals surface area contributed by atoms with Crippen molar-refractivity contribution in [3.8, 4) is 11.3 Å². The number of halogens is 1. The summed E-state index contributed by atoms with van der Waals surface area (Å²) in [6, 6.07) is 15.2. The second-order valence-electron chi connectivity index (χ2n) is 11.4. The standard InChI is InChI=1S/C17H18ClN3.C13H17N3O2/c1-11-10-21-16(19-11)14(17(2,3)4)9-15(20-21)12-5-7-13(18)8-6-12;1-13(2)9-15(7-8-16(13)10-17)12(18)11-5-3-4-6-14-11/h5-10H,1-4H3;3-6,10H,7-9H2,1-2H3. The summed E-state index contributed by atoms with van der Waals surface area (Å²) in [6.07, 6.45) is 4.42. The first kappa shape index (κ1) is 28.2. The SMILES string of the molecule is CC1(C)CN(C(=O)c2ccccn2)CCN1C=O.Cc1cn2nc(-c3ccc(Cl)cc3)cc(C(C)(C)C)c2n1. The topological polar surface area (TPSA) is 83.7 Å². The number of rotatable bonds is 3. The van der Waals surface area contributed by atoms with Gasteiger partial charge in [-0.2, -0.15) is 5.10 Å². The molecule has 1 aromatic carbocycles. The largest absolute Gasteiger partial charge is 0.337 e. The Kier molecular flexibility index (Phi) is 8.07. The summed E-state index contributed by atoms with van der Waals surface area (Å²) in [4.78, 5) is 35.3. The maximum Gasteiger partial charge on any atom is 0.272 e. The van der Waals surface area contributed by atoms with E-state index in [1.54, 1.807) is 34.2 Å². The number of amides is 2. The second kappa shape index (κ2) is 11.1. The first-order valence-corrected chi connectivity index (χ1v) is 13.3. The molecule has 39 heavy (non-hydrogen) atoms. The lowest BCUT2D eigenvalue weighted by Crippen LogP contribution is -2.59. The minimum Gasteiger partial charge on any atom is -0.337 e.